The van der Waals surface area contributed by atoms with Gasteiger partial charge in [0.15, 0.2) is 5.82 Å². The van der Waals surface area contributed by atoms with Crippen LogP contribution in [0.15, 0.2) is 4.52 Å². The summed E-state index contributed by atoms with van der Waals surface area (Å²) in [7, 11) is 0. The van der Waals surface area contributed by atoms with Gasteiger partial charge in [-0.2, -0.15) is 4.98 Å². The van der Waals surface area contributed by atoms with Crippen LogP contribution in [0.1, 0.15) is 70.1 Å². The molecular weight excluding hydrogens is 316 g/mol. The maximum atomic E-state index is 12.6. The minimum atomic E-state index is -0.197. The van der Waals surface area contributed by atoms with E-state index in [0.29, 0.717) is 17.9 Å². The van der Waals surface area contributed by atoms with Crippen LogP contribution in [0, 0.1) is 11.8 Å². The molecule has 3 atom stereocenters. The van der Waals surface area contributed by atoms with Crippen LogP contribution in [0.5, 0.6) is 0 Å². The number of carbonyl (C=O) groups excluding carboxylic acids is 1. The third-order valence-corrected chi connectivity index (χ3v) is 4.62. The fourth-order valence-electron chi connectivity index (χ4n) is 3.04. The van der Waals surface area contributed by atoms with Crippen molar-refractivity contribution in [2.75, 3.05) is 6.54 Å². The van der Waals surface area contributed by atoms with Gasteiger partial charge in [0.1, 0.15) is 6.04 Å². The second kappa shape index (κ2) is 7.62. The zero-order chi connectivity index (χ0) is 15.7. The molecule has 2 N–H and O–H groups in total. The molecule has 130 valence electrons. The molecule has 2 heterocycles. The second-order valence-electron chi connectivity index (χ2n) is 7.07. The molecule has 2 aliphatic rings. The van der Waals surface area contributed by atoms with E-state index in [1.54, 1.807) is 0 Å². The van der Waals surface area contributed by atoms with Gasteiger partial charge < -0.3 is 15.2 Å². The van der Waals surface area contributed by atoms with Gasteiger partial charge in [0.25, 0.3) is 0 Å². The lowest BCUT2D eigenvalue weighted by Crippen LogP contribution is -2.44. The van der Waals surface area contributed by atoms with E-state index < -0.39 is 0 Å². The lowest BCUT2D eigenvalue weighted by Gasteiger charge is -2.29. The number of hydrogen-bond acceptors (Lipinski definition) is 5. The summed E-state index contributed by atoms with van der Waals surface area (Å²) in [6, 6.07) is 0.199. The Morgan fingerprint density at radius 3 is 2.70 bits per heavy atom. The lowest BCUT2D eigenvalue weighted by molar-refractivity contribution is -0.127. The first-order valence-corrected chi connectivity index (χ1v) is 8.42. The predicted molar refractivity (Wildman–Crippen MR) is 89.4 cm³/mol. The molecule has 1 saturated heterocycles. The average molecular weight is 343 g/mol. The van der Waals surface area contributed by atoms with Crippen molar-refractivity contribution in [3.8, 4) is 0 Å². The summed E-state index contributed by atoms with van der Waals surface area (Å²) in [5, 5.41) is 10.6. The summed E-state index contributed by atoms with van der Waals surface area (Å²) in [5.41, 5.74) is 0. The van der Waals surface area contributed by atoms with Gasteiger partial charge in [-0.1, -0.05) is 19.0 Å². The van der Waals surface area contributed by atoms with Crippen LogP contribution >= 0.6 is 12.4 Å². The molecule has 0 bridgehead atoms. The first-order chi connectivity index (χ1) is 10.5. The van der Waals surface area contributed by atoms with Crippen molar-refractivity contribution in [3.05, 3.63) is 11.7 Å². The highest BCUT2D eigenvalue weighted by atomic mass is 35.5. The molecule has 1 aromatic heterocycles. The van der Waals surface area contributed by atoms with Crippen LogP contribution in [0.25, 0.3) is 0 Å². The average Bonchev–Trinajstić information content (AvgIpc) is 3.22. The first kappa shape index (κ1) is 18.2. The van der Waals surface area contributed by atoms with E-state index in [0.717, 1.165) is 38.1 Å². The zero-order valence-electron chi connectivity index (χ0n) is 14.0. The number of amides is 1. The van der Waals surface area contributed by atoms with Crippen LogP contribution in [0.2, 0.25) is 0 Å². The minimum absolute atomic E-state index is 0. The number of rotatable bonds is 5. The fraction of sp³-hybridized carbons (Fsp3) is 0.812. The molecule has 1 aliphatic carbocycles. The normalized spacial score (nSPS) is 25.7. The van der Waals surface area contributed by atoms with E-state index in [2.05, 4.69) is 41.5 Å². The van der Waals surface area contributed by atoms with Crippen molar-refractivity contribution < 1.29 is 9.32 Å². The molecule has 1 aliphatic heterocycles. The summed E-state index contributed by atoms with van der Waals surface area (Å²) >= 11 is 0. The highest BCUT2D eigenvalue weighted by molar-refractivity contribution is 5.85. The SMILES string of the molecule is CC(C)C(NC(=O)[C@H]1CCN[C@@H](C)C1)c1nc(C2CC2)no1.Cl. The molecule has 23 heavy (non-hydrogen) atoms. The quantitative estimate of drug-likeness (QED) is 0.859. The number of carbonyl (C=O) groups is 1. The standard InChI is InChI=1S/C16H26N4O2.ClH/c1-9(2)13(16-19-14(20-22-16)11-4-5-11)18-15(21)12-6-7-17-10(3)8-12;/h9-13,17H,4-8H2,1-3H3,(H,18,21);1H/t10-,12-,13?;/m0./s1. The summed E-state index contributed by atoms with van der Waals surface area (Å²) in [5.74, 6) is 2.21. The van der Waals surface area contributed by atoms with Gasteiger partial charge >= 0.3 is 0 Å². The highest BCUT2D eigenvalue weighted by Crippen LogP contribution is 2.38. The number of halogens is 1. The van der Waals surface area contributed by atoms with E-state index in [4.69, 9.17) is 4.52 Å². The maximum Gasteiger partial charge on any atom is 0.249 e. The topological polar surface area (TPSA) is 80.0 Å². The van der Waals surface area contributed by atoms with Crippen molar-refractivity contribution in [1.82, 2.24) is 20.8 Å². The van der Waals surface area contributed by atoms with Gasteiger partial charge in [-0.15, -0.1) is 12.4 Å². The van der Waals surface area contributed by atoms with Crippen LogP contribution in [-0.4, -0.2) is 28.6 Å². The Morgan fingerprint density at radius 1 is 1.35 bits per heavy atom. The number of nitrogens with one attached hydrogen (secondary N) is 2. The van der Waals surface area contributed by atoms with E-state index in [9.17, 15) is 4.79 Å². The fourth-order valence-corrected chi connectivity index (χ4v) is 3.04. The molecule has 7 heteroatoms. The number of aromatic nitrogens is 2. The van der Waals surface area contributed by atoms with E-state index in [1.165, 1.54) is 0 Å². The smallest absolute Gasteiger partial charge is 0.249 e. The summed E-state index contributed by atoms with van der Waals surface area (Å²) in [6.07, 6.45) is 4.06. The molecule has 1 unspecified atom stereocenters. The lowest BCUT2D eigenvalue weighted by atomic mass is 9.91. The molecule has 1 aromatic rings. The summed E-state index contributed by atoms with van der Waals surface area (Å²) in [4.78, 5) is 17.1. The second-order valence-corrected chi connectivity index (χ2v) is 7.07. The first-order valence-electron chi connectivity index (χ1n) is 8.42. The molecular formula is C16H27ClN4O2. The molecule has 6 nitrogen and oxygen atoms in total. The third kappa shape index (κ3) is 4.44. The number of hydrogen-bond donors (Lipinski definition) is 2. The Labute approximate surface area is 143 Å². The van der Waals surface area contributed by atoms with Crippen LogP contribution in [0.3, 0.4) is 0 Å². The van der Waals surface area contributed by atoms with E-state index in [-0.39, 0.29) is 36.2 Å². The molecule has 1 amide bonds. The van der Waals surface area contributed by atoms with Crippen LogP contribution in [0.4, 0.5) is 0 Å². The molecule has 0 radical (unpaired) electrons. The molecule has 1 saturated carbocycles. The van der Waals surface area contributed by atoms with Gasteiger partial charge in [0.2, 0.25) is 11.8 Å². The molecule has 2 fully saturated rings. The Bertz CT molecular complexity index is 530. The third-order valence-electron chi connectivity index (χ3n) is 4.62. The minimum Gasteiger partial charge on any atom is -0.344 e. The largest absolute Gasteiger partial charge is 0.344 e. The Balaban J connectivity index is 0.00000192. The van der Waals surface area contributed by atoms with Gasteiger partial charge in [-0.3, -0.25) is 4.79 Å². The van der Waals surface area contributed by atoms with Crippen LogP contribution in [-0.2, 0) is 4.79 Å². The van der Waals surface area contributed by atoms with Crippen molar-refractivity contribution in [1.29, 1.82) is 0 Å². The van der Waals surface area contributed by atoms with Crippen molar-refractivity contribution in [2.24, 2.45) is 11.8 Å². The molecule has 0 aromatic carbocycles. The molecule has 3 rings (SSSR count). The van der Waals surface area contributed by atoms with Crippen molar-refractivity contribution in [3.63, 3.8) is 0 Å². The maximum absolute atomic E-state index is 12.6. The Hall–Kier alpha value is -1.14. The van der Waals surface area contributed by atoms with Gasteiger partial charge in [-0.05, 0) is 45.1 Å². The van der Waals surface area contributed by atoms with Gasteiger partial charge in [0.05, 0.1) is 0 Å². The molecule has 0 spiro atoms. The Morgan fingerprint density at radius 2 is 2.09 bits per heavy atom. The van der Waals surface area contributed by atoms with Crippen molar-refractivity contribution in [2.45, 2.75) is 64.5 Å². The monoisotopic (exact) mass is 342 g/mol. The predicted octanol–water partition coefficient (Wildman–Crippen LogP) is 2.57. The Kier molecular flexibility index (Phi) is 6.03. The summed E-state index contributed by atoms with van der Waals surface area (Å²) in [6.45, 7) is 7.16. The summed E-state index contributed by atoms with van der Waals surface area (Å²) < 4.78 is 5.41. The number of piperidine rings is 1. The highest BCUT2D eigenvalue weighted by Gasteiger charge is 2.33. The van der Waals surface area contributed by atoms with E-state index in [1.807, 2.05) is 0 Å². The van der Waals surface area contributed by atoms with Gasteiger partial charge in [-0.25, -0.2) is 0 Å². The van der Waals surface area contributed by atoms with Crippen LogP contribution < -0.4 is 10.6 Å². The van der Waals surface area contributed by atoms with E-state index >= 15 is 0 Å². The van der Waals surface area contributed by atoms with Gasteiger partial charge in [0, 0.05) is 17.9 Å². The zero-order valence-corrected chi connectivity index (χ0v) is 14.9. The number of nitrogens with zero attached hydrogens (tertiary/aromatic N) is 2. The van der Waals surface area contributed by atoms with Crippen molar-refractivity contribution >= 4 is 18.3 Å².